The van der Waals surface area contributed by atoms with Crippen LogP contribution in [-0.2, 0) is 9.84 Å². The standard InChI is InChI=1S/C20H17F2NO4S2/c1-27-13-7-9-14(10-8-13)29(25,26)18(17-6-3-11-28-17)12-23-20(24)19-15(21)4-2-5-16(19)22/h2-11,18H,12H2,1H3,(H,23,24)/t18-/m0/s1. The number of amides is 1. The second kappa shape index (κ2) is 8.71. The Hall–Kier alpha value is -2.78. The first-order valence-corrected chi connectivity index (χ1v) is 10.9. The van der Waals surface area contributed by atoms with Crippen LogP contribution in [0, 0.1) is 11.6 Å². The molecule has 29 heavy (non-hydrogen) atoms. The van der Waals surface area contributed by atoms with Gasteiger partial charge in [-0.15, -0.1) is 11.3 Å². The molecular weight excluding hydrogens is 420 g/mol. The van der Waals surface area contributed by atoms with Gasteiger partial charge in [-0.2, -0.15) is 0 Å². The van der Waals surface area contributed by atoms with Gasteiger partial charge in [-0.25, -0.2) is 17.2 Å². The Morgan fingerprint density at radius 1 is 1.07 bits per heavy atom. The molecule has 152 valence electrons. The first-order valence-electron chi connectivity index (χ1n) is 8.48. The van der Waals surface area contributed by atoms with Crippen molar-refractivity contribution < 1.29 is 26.7 Å². The van der Waals surface area contributed by atoms with E-state index in [4.69, 9.17) is 4.74 Å². The molecular formula is C20H17F2NO4S2. The van der Waals surface area contributed by atoms with Crippen molar-refractivity contribution in [2.75, 3.05) is 13.7 Å². The topological polar surface area (TPSA) is 72.5 Å². The van der Waals surface area contributed by atoms with E-state index in [1.165, 1.54) is 42.7 Å². The summed E-state index contributed by atoms with van der Waals surface area (Å²) in [5.41, 5.74) is -0.751. The number of rotatable bonds is 7. The predicted molar refractivity (Wildman–Crippen MR) is 106 cm³/mol. The summed E-state index contributed by atoms with van der Waals surface area (Å²) in [5.74, 6) is -2.56. The summed E-state index contributed by atoms with van der Waals surface area (Å²) in [5, 5.41) is 2.95. The zero-order chi connectivity index (χ0) is 21.0. The maximum Gasteiger partial charge on any atom is 0.257 e. The van der Waals surface area contributed by atoms with Crippen LogP contribution in [0.1, 0.15) is 20.5 Å². The largest absolute Gasteiger partial charge is 0.497 e. The van der Waals surface area contributed by atoms with Crippen molar-refractivity contribution in [1.82, 2.24) is 5.32 Å². The molecule has 0 radical (unpaired) electrons. The lowest BCUT2D eigenvalue weighted by molar-refractivity contribution is 0.0945. The van der Waals surface area contributed by atoms with Gasteiger partial charge < -0.3 is 10.1 Å². The number of sulfone groups is 1. The van der Waals surface area contributed by atoms with E-state index in [1.807, 2.05) is 0 Å². The summed E-state index contributed by atoms with van der Waals surface area (Å²) in [6.07, 6.45) is 0. The van der Waals surface area contributed by atoms with Crippen LogP contribution in [0.3, 0.4) is 0 Å². The average molecular weight is 437 g/mol. The van der Waals surface area contributed by atoms with Gasteiger partial charge >= 0.3 is 0 Å². The molecule has 3 aromatic rings. The quantitative estimate of drug-likeness (QED) is 0.607. The van der Waals surface area contributed by atoms with Crippen molar-refractivity contribution in [2.24, 2.45) is 0 Å². The van der Waals surface area contributed by atoms with Gasteiger partial charge in [0.05, 0.1) is 12.0 Å². The Labute approximate surface area is 170 Å². The Morgan fingerprint density at radius 3 is 2.28 bits per heavy atom. The number of benzene rings is 2. The van der Waals surface area contributed by atoms with Gasteiger partial charge in [0, 0.05) is 11.4 Å². The molecule has 1 aromatic heterocycles. The lowest BCUT2D eigenvalue weighted by atomic mass is 10.2. The number of methoxy groups -OCH3 is 1. The second-order valence-electron chi connectivity index (χ2n) is 6.03. The Kier molecular flexibility index (Phi) is 6.29. The van der Waals surface area contributed by atoms with E-state index in [2.05, 4.69) is 5.32 Å². The third-order valence-corrected chi connectivity index (χ3v) is 7.50. The summed E-state index contributed by atoms with van der Waals surface area (Å²) < 4.78 is 59.1. The average Bonchev–Trinajstić information content (AvgIpc) is 3.22. The number of hydrogen-bond donors (Lipinski definition) is 1. The molecule has 1 amide bonds. The molecule has 0 aliphatic heterocycles. The SMILES string of the molecule is COc1ccc(S(=O)(=O)[C@@H](CNC(=O)c2c(F)cccc2F)c2cccs2)cc1. The summed E-state index contributed by atoms with van der Waals surface area (Å²) in [6, 6.07) is 12.2. The van der Waals surface area contributed by atoms with Crippen LogP contribution >= 0.6 is 11.3 Å². The van der Waals surface area contributed by atoms with E-state index in [9.17, 15) is 22.0 Å². The van der Waals surface area contributed by atoms with Crippen LogP contribution in [0.15, 0.2) is 64.9 Å². The molecule has 0 unspecified atom stereocenters. The van der Waals surface area contributed by atoms with Gasteiger partial charge in [-0.3, -0.25) is 4.79 Å². The van der Waals surface area contributed by atoms with Gasteiger partial charge in [-0.05, 0) is 47.8 Å². The van der Waals surface area contributed by atoms with Gasteiger partial charge in [0.15, 0.2) is 9.84 Å². The maximum absolute atomic E-state index is 13.8. The molecule has 3 rings (SSSR count). The highest BCUT2D eigenvalue weighted by Crippen LogP contribution is 2.32. The molecule has 0 spiro atoms. The number of carbonyl (C=O) groups excluding carboxylic acids is 1. The smallest absolute Gasteiger partial charge is 0.257 e. The number of thiophene rings is 1. The normalized spacial score (nSPS) is 12.4. The molecule has 0 saturated heterocycles. The molecule has 0 aliphatic rings. The summed E-state index contributed by atoms with van der Waals surface area (Å²) >= 11 is 1.21. The minimum atomic E-state index is -3.89. The van der Waals surface area contributed by atoms with Gasteiger partial charge in [0.2, 0.25) is 0 Å². The van der Waals surface area contributed by atoms with Crippen molar-refractivity contribution in [2.45, 2.75) is 10.1 Å². The van der Waals surface area contributed by atoms with Gasteiger partial charge in [0.1, 0.15) is 28.2 Å². The van der Waals surface area contributed by atoms with Crippen LogP contribution in [0.2, 0.25) is 0 Å². The first-order chi connectivity index (χ1) is 13.8. The van der Waals surface area contributed by atoms with Crippen molar-refractivity contribution >= 4 is 27.1 Å². The molecule has 1 N–H and O–H groups in total. The minimum Gasteiger partial charge on any atom is -0.497 e. The van der Waals surface area contributed by atoms with Gasteiger partial charge in [-0.1, -0.05) is 12.1 Å². The third kappa shape index (κ3) is 4.46. The maximum atomic E-state index is 13.8. The second-order valence-corrected chi connectivity index (χ2v) is 9.14. The van der Waals surface area contributed by atoms with Crippen molar-refractivity contribution in [3.63, 3.8) is 0 Å². The Balaban J connectivity index is 1.89. The van der Waals surface area contributed by atoms with Crippen molar-refractivity contribution in [3.05, 3.63) is 82.1 Å². The monoisotopic (exact) mass is 437 g/mol. The molecule has 2 aromatic carbocycles. The molecule has 1 atom stereocenters. The Morgan fingerprint density at radius 2 is 1.72 bits per heavy atom. The van der Waals surface area contributed by atoms with Gasteiger partial charge in [0.25, 0.3) is 5.91 Å². The van der Waals surface area contributed by atoms with Crippen LogP contribution in [0.25, 0.3) is 0 Å². The van der Waals surface area contributed by atoms with E-state index in [1.54, 1.807) is 17.5 Å². The molecule has 0 saturated carbocycles. The zero-order valence-electron chi connectivity index (χ0n) is 15.3. The fourth-order valence-corrected chi connectivity index (χ4v) is 5.54. The highest BCUT2D eigenvalue weighted by molar-refractivity contribution is 7.91. The van der Waals surface area contributed by atoms with Crippen LogP contribution in [-0.4, -0.2) is 28.0 Å². The predicted octanol–water partition coefficient (Wildman–Crippen LogP) is 3.98. The first kappa shape index (κ1) is 20.9. The lowest BCUT2D eigenvalue weighted by Crippen LogP contribution is -2.32. The number of ether oxygens (including phenoxy) is 1. The Bertz CT molecular complexity index is 1080. The van der Waals surface area contributed by atoms with E-state index in [0.717, 1.165) is 18.2 Å². The van der Waals surface area contributed by atoms with Crippen LogP contribution in [0.5, 0.6) is 5.75 Å². The number of carbonyl (C=O) groups is 1. The van der Waals surface area contributed by atoms with Crippen LogP contribution < -0.4 is 10.1 Å². The zero-order valence-corrected chi connectivity index (χ0v) is 16.9. The molecule has 0 fully saturated rings. The highest BCUT2D eigenvalue weighted by Gasteiger charge is 2.31. The fourth-order valence-electron chi connectivity index (χ4n) is 2.76. The highest BCUT2D eigenvalue weighted by atomic mass is 32.2. The molecule has 9 heteroatoms. The molecule has 0 aliphatic carbocycles. The van der Waals surface area contributed by atoms with Crippen LogP contribution in [0.4, 0.5) is 8.78 Å². The van der Waals surface area contributed by atoms with E-state index in [0.29, 0.717) is 10.6 Å². The lowest BCUT2D eigenvalue weighted by Gasteiger charge is -2.18. The fraction of sp³-hybridized carbons (Fsp3) is 0.150. The summed E-state index contributed by atoms with van der Waals surface area (Å²) in [6.45, 7) is -0.346. The number of nitrogens with one attached hydrogen (secondary N) is 1. The van der Waals surface area contributed by atoms with Crippen molar-refractivity contribution in [3.8, 4) is 5.75 Å². The number of hydrogen-bond acceptors (Lipinski definition) is 5. The van der Waals surface area contributed by atoms with E-state index >= 15 is 0 Å². The van der Waals surface area contributed by atoms with E-state index < -0.39 is 38.2 Å². The molecule has 0 bridgehead atoms. The van der Waals surface area contributed by atoms with E-state index in [-0.39, 0.29) is 11.4 Å². The number of halogens is 2. The molecule has 5 nitrogen and oxygen atoms in total. The summed E-state index contributed by atoms with van der Waals surface area (Å²) in [4.78, 5) is 12.8. The third-order valence-electron chi connectivity index (χ3n) is 4.26. The minimum absolute atomic E-state index is 0.0445. The summed E-state index contributed by atoms with van der Waals surface area (Å²) in [7, 11) is -2.43. The van der Waals surface area contributed by atoms with Crippen molar-refractivity contribution in [1.29, 1.82) is 0 Å². The molecule has 1 heterocycles.